The van der Waals surface area contributed by atoms with E-state index in [1.54, 1.807) is 17.4 Å². The van der Waals surface area contributed by atoms with E-state index >= 15 is 0 Å². The minimum absolute atomic E-state index is 0.00870. The second kappa shape index (κ2) is 7.70. The highest BCUT2D eigenvalue weighted by molar-refractivity contribution is 7.10. The molecule has 5 nitrogen and oxygen atoms in total. The van der Waals surface area contributed by atoms with Crippen molar-refractivity contribution < 1.29 is 9.59 Å². The highest BCUT2D eigenvalue weighted by Crippen LogP contribution is 2.24. The molecule has 0 unspecified atom stereocenters. The third-order valence-corrected chi connectivity index (χ3v) is 5.54. The van der Waals surface area contributed by atoms with Gasteiger partial charge in [-0.3, -0.25) is 4.79 Å². The smallest absolute Gasteiger partial charge is 0.319 e. The van der Waals surface area contributed by atoms with E-state index in [0.717, 1.165) is 36.4 Å². The number of rotatable bonds is 4. The van der Waals surface area contributed by atoms with Crippen molar-refractivity contribution in [2.45, 2.75) is 33.2 Å². The molecule has 1 fully saturated rings. The quantitative estimate of drug-likeness (QED) is 0.871. The van der Waals surface area contributed by atoms with Gasteiger partial charge in [-0.25, -0.2) is 4.79 Å². The van der Waals surface area contributed by atoms with E-state index in [9.17, 15) is 9.59 Å². The fourth-order valence-corrected chi connectivity index (χ4v) is 3.85. The van der Waals surface area contributed by atoms with Gasteiger partial charge in [-0.2, -0.15) is 0 Å². The number of thiophene rings is 1. The topological polar surface area (TPSA) is 61.4 Å². The van der Waals surface area contributed by atoms with Crippen molar-refractivity contribution in [1.29, 1.82) is 0 Å². The predicted molar refractivity (Wildman–Crippen MR) is 101 cm³/mol. The summed E-state index contributed by atoms with van der Waals surface area (Å²) < 4.78 is 0. The largest absolute Gasteiger partial charge is 0.339 e. The monoisotopic (exact) mass is 357 g/mol. The van der Waals surface area contributed by atoms with Gasteiger partial charge in [-0.05, 0) is 55.3 Å². The first kappa shape index (κ1) is 17.5. The van der Waals surface area contributed by atoms with Crippen LogP contribution in [0.5, 0.6) is 0 Å². The zero-order chi connectivity index (χ0) is 17.8. The van der Waals surface area contributed by atoms with Crippen LogP contribution in [0.4, 0.5) is 10.5 Å². The number of carbonyl (C=O) groups excluding carboxylic acids is 2. The zero-order valence-electron chi connectivity index (χ0n) is 14.6. The molecule has 6 heteroatoms. The fraction of sp³-hybridized carbons (Fsp3) is 0.368. The average molecular weight is 357 g/mol. The Morgan fingerprint density at radius 1 is 1.12 bits per heavy atom. The van der Waals surface area contributed by atoms with Crippen molar-refractivity contribution in [1.82, 2.24) is 10.2 Å². The molecular formula is C19H23N3O2S. The lowest BCUT2D eigenvalue weighted by Crippen LogP contribution is -2.32. The van der Waals surface area contributed by atoms with E-state index in [1.165, 1.54) is 5.56 Å². The van der Waals surface area contributed by atoms with Crippen LogP contribution in [0.1, 0.15) is 39.2 Å². The minimum Gasteiger partial charge on any atom is -0.339 e. The minimum atomic E-state index is -0.294. The predicted octanol–water partition coefficient (Wildman–Crippen LogP) is 3.92. The first-order valence-electron chi connectivity index (χ1n) is 8.53. The van der Waals surface area contributed by atoms with Gasteiger partial charge in [0.1, 0.15) is 0 Å². The van der Waals surface area contributed by atoms with Gasteiger partial charge in [0.05, 0.1) is 17.8 Å². The number of anilines is 1. The number of carbonyl (C=O) groups is 2. The number of nitrogens with one attached hydrogen (secondary N) is 2. The molecule has 0 aliphatic carbocycles. The molecule has 3 amide bonds. The molecule has 1 aromatic heterocycles. The van der Waals surface area contributed by atoms with Crippen LogP contribution in [-0.4, -0.2) is 29.9 Å². The fourth-order valence-electron chi connectivity index (χ4n) is 3.01. The molecule has 2 N–H and O–H groups in total. The number of hydrogen-bond donors (Lipinski definition) is 2. The highest BCUT2D eigenvalue weighted by atomic mass is 32.1. The van der Waals surface area contributed by atoms with Gasteiger partial charge in [0.2, 0.25) is 0 Å². The summed E-state index contributed by atoms with van der Waals surface area (Å²) in [5.41, 5.74) is 3.21. The normalized spacial score (nSPS) is 13.8. The first-order valence-corrected chi connectivity index (χ1v) is 9.41. The Bertz CT molecular complexity index is 779. The summed E-state index contributed by atoms with van der Waals surface area (Å²) in [6, 6.07) is 7.29. The number of hydrogen-bond acceptors (Lipinski definition) is 3. The molecule has 25 heavy (non-hydrogen) atoms. The van der Waals surface area contributed by atoms with E-state index in [0.29, 0.717) is 17.8 Å². The molecule has 1 saturated heterocycles. The number of urea groups is 1. The molecule has 1 aliphatic heterocycles. The molecule has 132 valence electrons. The molecular weight excluding hydrogens is 334 g/mol. The molecule has 1 aliphatic rings. The molecule has 1 aromatic carbocycles. The highest BCUT2D eigenvalue weighted by Gasteiger charge is 2.23. The lowest BCUT2D eigenvalue weighted by atomic mass is 10.1. The van der Waals surface area contributed by atoms with Crippen molar-refractivity contribution in [2.75, 3.05) is 18.4 Å². The maximum absolute atomic E-state index is 12.7. The zero-order valence-corrected chi connectivity index (χ0v) is 15.4. The van der Waals surface area contributed by atoms with Gasteiger partial charge in [0.15, 0.2) is 0 Å². The Morgan fingerprint density at radius 2 is 1.88 bits per heavy atom. The molecule has 0 spiro atoms. The molecule has 0 atom stereocenters. The van der Waals surface area contributed by atoms with E-state index in [4.69, 9.17) is 0 Å². The van der Waals surface area contributed by atoms with Crippen LogP contribution >= 0.6 is 11.3 Å². The maximum Gasteiger partial charge on any atom is 0.319 e. The summed E-state index contributed by atoms with van der Waals surface area (Å²) in [6.45, 7) is 5.99. The third kappa shape index (κ3) is 4.02. The molecule has 2 aromatic rings. The number of benzene rings is 1. The lowest BCUT2D eigenvalue weighted by Gasteiger charge is -2.19. The Hall–Kier alpha value is -2.34. The number of aryl methyl sites for hydroxylation is 2. The van der Waals surface area contributed by atoms with Gasteiger partial charge in [-0.15, -0.1) is 11.3 Å². The summed E-state index contributed by atoms with van der Waals surface area (Å²) in [5, 5.41) is 7.76. The summed E-state index contributed by atoms with van der Waals surface area (Å²) in [5.74, 6) is -0.00870. The van der Waals surface area contributed by atoms with E-state index in [-0.39, 0.29) is 11.9 Å². The number of para-hydroxylation sites is 1. The van der Waals surface area contributed by atoms with Gasteiger partial charge in [0.25, 0.3) is 5.91 Å². The summed E-state index contributed by atoms with van der Waals surface area (Å²) in [4.78, 5) is 28.1. The molecule has 0 radical (unpaired) electrons. The van der Waals surface area contributed by atoms with Crippen LogP contribution < -0.4 is 10.6 Å². The summed E-state index contributed by atoms with van der Waals surface area (Å²) >= 11 is 1.62. The van der Waals surface area contributed by atoms with E-state index in [1.807, 2.05) is 42.3 Å². The molecule has 3 rings (SSSR count). The van der Waals surface area contributed by atoms with Gasteiger partial charge < -0.3 is 15.5 Å². The van der Waals surface area contributed by atoms with Crippen LogP contribution in [0.3, 0.4) is 0 Å². The van der Waals surface area contributed by atoms with Crippen LogP contribution in [0, 0.1) is 13.8 Å². The summed E-state index contributed by atoms with van der Waals surface area (Å²) in [7, 11) is 0. The number of amides is 3. The van der Waals surface area contributed by atoms with Crippen LogP contribution in [0.15, 0.2) is 29.6 Å². The van der Waals surface area contributed by atoms with E-state index in [2.05, 4.69) is 10.6 Å². The standard InChI is InChI=1S/C19H23N3O2S/c1-13-8-11-25-16(13)12-20-19(24)21-17-14(2)6-5-7-15(17)18(23)22-9-3-4-10-22/h5-8,11H,3-4,9-10,12H2,1-2H3,(H2,20,21,24). The SMILES string of the molecule is Cc1ccsc1CNC(=O)Nc1c(C)cccc1C(=O)N1CCCC1. The second-order valence-electron chi connectivity index (χ2n) is 6.33. The molecule has 2 heterocycles. The molecule has 0 bridgehead atoms. The van der Waals surface area contributed by atoms with Crippen LogP contribution in [0.25, 0.3) is 0 Å². The second-order valence-corrected chi connectivity index (χ2v) is 7.33. The average Bonchev–Trinajstić information content (AvgIpc) is 3.26. The van der Waals surface area contributed by atoms with Gasteiger partial charge in [-0.1, -0.05) is 12.1 Å². The van der Waals surface area contributed by atoms with Crippen molar-refractivity contribution in [3.05, 3.63) is 51.2 Å². The van der Waals surface area contributed by atoms with Crippen molar-refractivity contribution in [3.8, 4) is 0 Å². The Kier molecular flexibility index (Phi) is 5.38. The molecule has 0 saturated carbocycles. The van der Waals surface area contributed by atoms with Crippen molar-refractivity contribution >= 4 is 29.0 Å². The Labute approximate surface area is 152 Å². The number of likely N-dealkylation sites (tertiary alicyclic amines) is 1. The van der Waals surface area contributed by atoms with Gasteiger partial charge in [0, 0.05) is 18.0 Å². The first-order chi connectivity index (χ1) is 12.1. The summed E-state index contributed by atoms with van der Waals surface area (Å²) in [6.07, 6.45) is 2.09. The Balaban J connectivity index is 1.71. The maximum atomic E-state index is 12.7. The number of nitrogens with zero attached hydrogens (tertiary/aromatic N) is 1. The Morgan fingerprint density at radius 3 is 2.56 bits per heavy atom. The van der Waals surface area contributed by atoms with Gasteiger partial charge >= 0.3 is 6.03 Å². The van der Waals surface area contributed by atoms with Crippen LogP contribution in [0.2, 0.25) is 0 Å². The van der Waals surface area contributed by atoms with E-state index < -0.39 is 0 Å². The van der Waals surface area contributed by atoms with Crippen molar-refractivity contribution in [2.24, 2.45) is 0 Å². The van der Waals surface area contributed by atoms with Crippen molar-refractivity contribution in [3.63, 3.8) is 0 Å². The lowest BCUT2D eigenvalue weighted by molar-refractivity contribution is 0.0794. The van der Waals surface area contributed by atoms with Crippen LogP contribution in [-0.2, 0) is 6.54 Å². The third-order valence-electron chi connectivity index (χ3n) is 4.51.